The molecule has 0 aromatic carbocycles. The van der Waals surface area contributed by atoms with E-state index in [2.05, 4.69) is 20.8 Å². The Morgan fingerprint density at radius 3 is 1.38 bits per heavy atom. The molecule has 0 fully saturated rings. The van der Waals surface area contributed by atoms with Crippen LogP contribution in [0.25, 0.3) is 0 Å². The molecule has 0 aliphatic rings. The van der Waals surface area contributed by atoms with E-state index in [1.54, 1.807) is 0 Å². The maximum absolute atomic E-state index is 11.8. The molecule has 0 rings (SSSR count). The predicted molar refractivity (Wildman–Crippen MR) is 93.3 cm³/mol. The standard InChI is InChI=1S/C19H39NO/c1-4-6-8-10-12-14-16-19(3,18(20)21)17-15-13-11-9-7-5-2/h4-17H2,1-3H3,(H2,20,21). The fraction of sp³-hybridized carbons (Fsp3) is 0.947. The molecule has 1 amide bonds. The SMILES string of the molecule is CCCCCCCCC(C)(CCCCCCCC)C(N)=O. The molecule has 0 saturated carbocycles. The van der Waals surface area contributed by atoms with Gasteiger partial charge in [0.05, 0.1) is 0 Å². The maximum atomic E-state index is 11.8. The third-order valence-electron chi connectivity index (χ3n) is 4.76. The highest BCUT2D eigenvalue weighted by Crippen LogP contribution is 2.31. The normalized spacial score (nSPS) is 11.8. The quantitative estimate of drug-likeness (QED) is 0.371. The van der Waals surface area contributed by atoms with Crippen LogP contribution in [0.15, 0.2) is 0 Å². The molecule has 126 valence electrons. The molecule has 21 heavy (non-hydrogen) atoms. The third kappa shape index (κ3) is 10.8. The lowest BCUT2D eigenvalue weighted by Gasteiger charge is -2.26. The second-order valence-corrected chi connectivity index (χ2v) is 6.96. The van der Waals surface area contributed by atoms with Crippen molar-refractivity contribution in [1.82, 2.24) is 0 Å². The fourth-order valence-electron chi connectivity index (χ4n) is 2.96. The summed E-state index contributed by atoms with van der Waals surface area (Å²) in [6.07, 6.45) is 17.3. The van der Waals surface area contributed by atoms with Crippen LogP contribution in [-0.4, -0.2) is 5.91 Å². The second-order valence-electron chi connectivity index (χ2n) is 6.96. The minimum absolute atomic E-state index is 0.0929. The maximum Gasteiger partial charge on any atom is 0.223 e. The van der Waals surface area contributed by atoms with Crippen LogP contribution < -0.4 is 5.73 Å². The number of carbonyl (C=O) groups is 1. The molecule has 2 N–H and O–H groups in total. The molecular formula is C19H39NO. The Labute approximate surface area is 133 Å². The van der Waals surface area contributed by atoms with Gasteiger partial charge >= 0.3 is 0 Å². The van der Waals surface area contributed by atoms with E-state index in [1.165, 1.54) is 64.2 Å². The molecule has 0 aromatic heterocycles. The van der Waals surface area contributed by atoms with Gasteiger partial charge in [0.15, 0.2) is 0 Å². The highest BCUT2D eigenvalue weighted by Gasteiger charge is 2.29. The van der Waals surface area contributed by atoms with Gasteiger partial charge in [0.25, 0.3) is 0 Å². The molecule has 0 aromatic rings. The molecule has 0 heterocycles. The van der Waals surface area contributed by atoms with Crippen molar-refractivity contribution in [3.05, 3.63) is 0 Å². The lowest BCUT2D eigenvalue weighted by molar-refractivity contribution is -0.127. The van der Waals surface area contributed by atoms with Crippen LogP contribution in [0, 0.1) is 5.41 Å². The summed E-state index contributed by atoms with van der Waals surface area (Å²) in [6, 6.07) is 0. The molecule has 0 atom stereocenters. The van der Waals surface area contributed by atoms with Crippen LogP contribution in [0.4, 0.5) is 0 Å². The lowest BCUT2D eigenvalue weighted by atomic mass is 9.79. The summed E-state index contributed by atoms with van der Waals surface area (Å²) in [6.45, 7) is 6.56. The van der Waals surface area contributed by atoms with Crippen molar-refractivity contribution in [1.29, 1.82) is 0 Å². The van der Waals surface area contributed by atoms with Gasteiger partial charge in [0, 0.05) is 5.41 Å². The number of unbranched alkanes of at least 4 members (excludes halogenated alkanes) is 10. The average molecular weight is 298 g/mol. The monoisotopic (exact) mass is 297 g/mol. The van der Waals surface area contributed by atoms with Crippen LogP contribution in [-0.2, 0) is 4.79 Å². The number of primary amides is 1. The number of rotatable bonds is 15. The van der Waals surface area contributed by atoms with Gasteiger partial charge in [-0.25, -0.2) is 0 Å². The molecule has 2 heteroatoms. The van der Waals surface area contributed by atoms with Crippen molar-refractivity contribution in [2.24, 2.45) is 11.1 Å². The zero-order chi connectivity index (χ0) is 16.0. The topological polar surface area (TPSA) is 43.1 Å². The van der Waals surface area contributed by atoms with Gasteiger partial charge in [-0.05, 0) is 12.8 Å². The van der Waals surface area contributed by atoms with Gasteiger partial charge in [-0.15, -0.1) is 0 Å². The number of amides is 1. The smallest absolute Gasteiger partial charge is 0.223 e. The van der Waals surface area contributed by atoms with Gasteiger partial charge < -0.3 is 5.73 Å². The molecule has 0 unspecified atom stereocenters. The number of hydrogen-bond acceptors (Lipinski definition) is 1. The Hall–Kier alpha value is -0.530. The van der Waals surface area contributed by atoms with Gasteiger partial charge in [-0.1, -0.05) is 97.8 Å². The Morgan fingerprint density at radius 2 is 1.05 bits per heavy atom. The summed E-state index contributed by atoms with van der Waals surface area (Å²) < 4.78 is 0. The fourth-order valence-corrected chi connectivity index (χ4v) is 2.96. The van der Waals surface area contributed by atoms with E-state index in [1.807, 2.05) is 0 Å². The van der Waals surface area contributed by atoms with Crippen LogP contribution >= 0.6 is 0 Å². The van der Waals surface area contributed by atoms with E-state index in [4.69, 9.17) is 5.73 Å². The van der Waals surface area contributed by atoms with E-state index in [-0.39, 0.29) is 11.3 Å². The van der Waals surface area contributed by atoms with Crippen LogP contribution in [0.5, 0.6) is 0 Å². The Kier molecular flexibility index (Phi) is 12.8. The van der Waals surface area contributed by atoms with Crippen molar-refractivity contribution in [3.63, 3.8) is 0 Å². The number of nitrogens with two attached hydrogens (primary N) is 1. The van der Waals surface area contributed by atoms with E-state index < -0.39 is 0 Å². The molecule has 0 saturated heterocycles. The van der Waals surface area contributed by atoms with E-state index in [0.29, 0.717) is 0 Å². The van der Waals surface area contributed by atoms with Crippen molar-refractivity contribution in [2.45, 2.75) is 111 Å². The molecule has 2 nitrogen and oxygen atoms in total. The summed E-state index contributed by atoms with van der Waals surface area (Å²) >= 11 is 0. The summed E-state index contributed by atoms with van der Waals surface area (Å²) in [7, 11) is 0. The minimum Gasteiger partial charge on any atom is -0.369 e. The summed E-state index contributed by atoms with van der Waals surface area (Å²) in [5.74, 6) is -0.0929. The first-order valence-corrected chi connectivity index (χ1v) is 9.36. The zero-order valence-electron chi connectivity index (χ0n) is 14.9. The lowest BCUT2D eigenvalue weighted by Crippen LogP contribution is -2.34. The summed E-state index contributed by atoms with van der Waals surface area (Å²) in [5, 5.41) is 0. The van der Waals surface area contributed by atoms with Gasteiger partial charge in [-0.3, -0.25) is 4.79 Å². The molecule has 0 radical (unpaired) electrons. The molecule has 0 aliphatic heterocycles. The van der Waals surface area contributed by atoms with Crippen LogP contribution in [0.3, 0.4) is 0 Å². The zero-order valence-corrected chi connectivity index (χ0v) is 14.9. The van der Waals surface area contributed by atoms with Crippen LogP contribution in [0.1, 0.15) is 111 Å². The Bertz CT molecular complexity index is 234. The largest absolute Gasteiger partial charge is 0.369 e. The van der Waals surface area contributed by atoms with Crippen molar-refractivity contribution < 1.29 is 4.79 Å². The predicted octanol–water partition coefficient (Wildman–Crippen LogP) is 5.98. The third-order valence-corrected chi connectivity index (χ3v) is 4.76. The first-order chi connectivity index (χ1) is 10.1. The van der Waals surface area contributed by atoms with Crippen molar-refractivity contribution >= 4 is 5.91 Å². The highest BCUT2D eigenvalue weighted by molar-refractivity contribution is 5.80. The first-order valence-electron chi connectivity index (χ1n) is 9.36. The van der Waals surface area contributed by atoms with E-state index in [0.717, 1.165) is 25.7 Å². The second kappa shape index (κ2) is 13.2. The van der Waals surface area contributed by atoms with E-state index in [9.17, 15) is 4.79 Å². The minimum atomic E-state index is -0.268. The van der Waals surface area contributed by atoms with Gasteiger partial charge in [-0.2, -0.15) is 0 Å². The summed E-state index contributed by atoms with van der Waals surface area (Å²) in [4.78, 5) is 11.8. The number of carbonyl (C=O) groups excluding carboxylic acids is 1. The van der Waals surface area contributed by atoms with Crippen molar-refractivity contribution in [2.75, 3.05) is 0 Å². The summed E-state index contributed by atoms with van der Waals surface area (Å²) in [5.41, 5.74) is 5.39. The molecule has 0 spiro atoms. The molecule has 0 bridgehead atoms. The average Bonchev–Trinajstić information content (AvgIpc) is 2.46. The van der Waals surface area contributed by atoms with Crippen molar-refractivity contribution in [3.8, 4) is 0 Å². The Balaban J connectivity index is 3.82. The van der Waals surface area contributed by atoms with Crippen LogP contribution in [0.2, 0.25) is 0 Å². The highest BCUT2D eigenvalue weighted by atomic mass is 16.1. The van der Waals surface area contributed by atoms with Gasteiger partial charge in [0.1, 0.15) is 0 Å². The first kappa shape index (κ1) is 20.5. The Morgan fingerprint density at radius 1 is 0.714 bits per heavy atom. The molecular weight excluding hydrogens is 258 g/mol. The number of hydrogen-bond donors (Lipinski definition) is 1. The molecule has 0 aliphatic carbocycles. The van der Waals surface area contributed by atoms with E-state index >= 15 is 0 Å². The van der Waals surface area contributed by atoms with Gasteiger partial charge in [0.2, 0.25) is 5.91 Å².